The van der Waals surface area contributed by atoms with Crippen LogP contribution in [-0.2, 0) is 4.74 Å². The normalized spacial score (nSPS) is 27.2. The molecule has 0 amide bonds. The topological polar surface area (TPSA) is 73.6 Å². The van der Waals surface area contributed by atoms with Gasteiger partial charge in [0.15, 0.2) is 0 Å². The van der Waals surface area contributed by atoms with Gasteiger partial charge in [-0.3, -0.25) is 10.1 Å². The van der Waals surface area contributed by atoms with Gasteiger partial charge in [0.25, 0.3) is 5.69 Å². The van der Waals surface area contributed by atoms with Crippen LogP contribution in [0.25, 0.3) is 0 Å². The SMILES string of the molecule is O=[N+]([O-])c1ccccc1C1Nc2c(OCC3CCCO3)cccc2C2C=CCC21. The molecule has 29 heavy (non-hydrogen) atoms. The van der Waals surface area contributed by atoms with Crippen molar-refractivity contribution in [2.24, 2.45) is 5.92 Å². The molecule has 1 aliphatic carbocycles. The van der Waals surface area contributed by atoms with E-state index in [0.717, 1.165) is 42.9 Å². The third-order valence-corrected chi connectivity index (χ3v) is 6.28. The summed E-state index contributed by atoms with van der Waals surface area (Å²) in [5.41, 5.74) is 3.04. The van der Waals surface area contributed by atoms with Crippen molar-refractivity contribution < 1.29 is 14.4 Å². The summed E-state index contributed by atoms with van der Waals surface area (Å²) in [4.78, 5) is 11.4. The molecule has 0 saturated carbocycles. The molecule has 4 unspecified atom stereocenters. The summed E-state index contributed by atoms with van der Waals surface area (Å²) >= 11 is 0. The number of allylic oxidation sites excluding steroid dienone is 2. The Kier molecular flexibility index (Phi) is 4.72. The summed E-state index contributed by atoms with van der Waals surface area (Å²) in [6, 6.07) is 13.0. The second-order valence-electron chi connectivity index (χ2n) is 7.96. The molecule has 2 heterocycles. The average Bonchev–Trinajstić information content (AvgIpc) is 3.43. The Morgan fingerprint density at radius 1 is 1.17 bits per heavy atom. The number of nitrogens with one attached hydrogen (secondary N) is 1. The minimum atomic E-state index is -0.288. The predicted molar refractivity (Wildman–Crippen MR) is 110 cm³/mol. The van der Waals surface area contributed by atoms with Crippen LogP contribution in [0.4, 0.5) is 11.4 Å². The first-order chi connectivity index (χ1) is 14.2. The molecule has 6 nitrogen and oxygen atoms in total. The van der Waals surface area contributed by atoms with Crippen molar-refractivity contribution >= 4 is 11.4 Å². The van der Waals surface area contributed by atoms with Gasteiger partial charge < -0.3 is 14.8 Å². The predicted octanol–water partition coefficient (Wildman–Crippen LogP) is 4.98. The Balaban J connectivity index is 1.51. The van der Waals surface area contributed by atoms with E-state index >= 15 is 0 Å². The van der Waals surface area contributed by atoms with Crippen molar-refractivity contribution in [3.05, 3.63) is 75.9 Å². The number of anilines is 1. The fourth-order valence-corrected chi connectivity index (χ4v) is 4.90. The summed E-state index contributed by atoms with van der Waals surface area (Å²) < 4.78 is 11.8. The molecule has 6 heteroatoms. The Labute approximate surface area is 169 Å². The minimum Gasteiger partial charge on any atom is -0.489 e. The maximum atomic E-state index is 11.6. The summed E-state index contributed by atoms with van der Waals surface area (Å²) in [5.74, 6) is 1.26. The van der Waals surface area contributed by atoms with Gasteiger partial charge in [-0.2, -0.15) is 0 Å². The molecule has 1 fully saturated rings. The molecule has 1 N–H and O–H groups in total. The van der Waals surface area contributed by atoms with Gasteiger partial charge >= 0.3 is 0 Å². The Bertz CT molecular complexity index is 952. The Morgan fingerprint density at radius 3 is 2.86 bits per heavy atom. The van der Waals surface area contributed by atoms with Crippen LogP contribution in [0.5, 0.6) is 5.75 Å². The molecule has 0 spiro atoms. The van der Waals surface area contributed by atoms with E-state index in [4.69, 9.17) is 9.47 Å². The van der Waals surface area contributed by atoms with E-state index in [2.05, 4.69) is 23.5 Å². The largest absolute Gasteiger partial charge is 0.489 e. The Morgan fingerprint density at radius 2 is 2.03 bits per heavy atom. The zero-order valence-electron chi connectivity index (χ0n) is 16.1. The lowest BCUT2D eigenvalue weighted by Gasteiger charge is -2.38. The molecule has 2 aromatic carbocycles. The monoisotopic (exact) mass is 392 g/mol. The van der Waals surface area contributed by atoms with E-state index < -0.39 is 0 Å². The molecule has 0 radical (unpaired) electrons. The smallest absolute Gasteiger partial charge is 0.274 e. The fraction of sp³-hybridized carbons (Fsp3) is 0.391. The van der Waals surface area contributed by atoms with Gasteiger partial charge in [0.05, 0.1) is 28.3 Å². The number of rotatable bonds is 5. The van der Waals surface area contributed by atoms with Crippen molar-refractivity contribution in [3.63, 3.8) is 0 Å². The van der Waals surface area contributed by atoms with E-state index in [1.807, 2.05) is 24.3 Å². The van der Waals surface area contributed by atoms with Crippen LogP contribution >= 0.6 is 0 Å². The summed E-state index contributed by atoms with van der Waals surface area (Å²) in [6.07, 6.45) is 7.56. The zero-order valence-corrected chi connectivity index (χ0v) is 16.1. The number of fused-ring (bicyclic) bond motifs is 3. The maximum Gasteiger partial charge on any atom is 0.274 e. The van der Waals surface area contributed by atoms with Gasteiger partial charge in [-0.15, -0.1) is 0 Å². The van der Waals surface area contributed by atoms with Crippen LogP contribution in [-0.4, -0.2) is 24.2 Å². The number of nitro groups is 1. The lowest BCUT2D eigenvalue weighted by atomic mass is 9.76. The average molecular weight is 392 g/mol. The van der Waals surface area contributed by atoms with Gasteiger partial charge in [0, 0.05) is 18.6 Å². The molecule has 150 valence electrons. The summed E-state index contributed by atoms with van der Waals surface area (Å²) in [6.45, 7) is 1.33. The second kappa shape index (κ2) is 7.52. The van der Waals surface area contributed by atoms with Crippen molar-refractivity contribution in [3.8, 4) is 5.75 Å². The van der Waals surface area contributed by atoms with Gasteiger partial charge in [0.2, 0.25) is 0 Å². The lowest BCUT2D eigenvalue weighted by molar-refractivity contribution is -0.385. The highest BCUT2D eigenvalue weighted by atomic mass is 16.6. The number of hydrogen-bond acceptors (Lipinski definition) is 5. The number of nitrogens with zero attached hydrogens (tertiary/aromatic N) is 1. The minimum absolute atomic E-state index is 0.138. The molecule has 4 atom stereocenters. The van der Waals surface area contributed by atoms with E-state index in [-0.39, 0.29) is 34.6 Å². The van der Waals surface area contributed by atoms with E-state index in [0.29, 0.717) is 6.61 Å². The molecule has 0 aromatic heterocycles. The number of hydrogen-bond donors (Lipinski definition) is 1. The third-order valence-electron chi connectivity index (χ3n) is 6.28. The fourth-order valence-electron chi connectivity index (χ4n) is 4.90. The second-order valence-corrected chi connectivity index (χ2v) is 7.96. The number of para-hydroxylation sites is 2. The van der Waals surface area contributed by atoms with Crippen LogP contribution in [0.2, 0.25) is 0 Å². The standard InChI is InChI=1S/C23H24N2O4/c26-25(27)20-11-2-1-7-19(20)22-17-9-3-8-16(17)18-10-4-12-21(23(18)24-22)29-14-15-6-5-13-28-15/h1-4,7-8,10-12,15-17,22,24H,5-6,9,13-14H2. The van der Waals surface area contributed by atoms with Crippen molar-refractivity contribution in [1.29, 1.82) is 0 Å². The zero-order chi connectivity index (χ0) is 19.8. The van der Waals surface area contributed by atoms with Gasteiger partial charge in [0.1, 0.15) is 12.4 Å². The van der Waals surface area contributed by atoms with Crippen LogP contribution in [0, 0.1) is 16.0 Å². The van der Waals surface area contributed by atoms with Crippen LogP contribution in [0.15, 0.2) is 54.6 Å². The third kappa shape index (κ3) is 3.27. The molecule has 1 saturated heterocycles. The van der Waals surface area contributed by atoms with Crippen molar-refractivity contribution in [1.82, 2.24) is 0 Å². The maximum absolute atomic E-state index is 11.6. The molecular weight excluding hydrogens is 368 g/mol. The van der Waals surface area contributed by atoms with Crippen LogP contribution < -0.4 is 10.1 Å². The van der Waals surface area contributed by atoms with E-state index in [1.165, 1.54) is 5.56 Å². The first-order valence-electron chi connectivity index (χ1n) is 10.3. The molecule has 3 aliphatic rings. The van der Waals surface area contributed by atoms with Gasteiger partial charge in [-0.1, -0.05) is 42.5 Å². The highest BCUT2D eigenvalue weighted by molar-refractivity contribution is 5.68. The number of ether oxygens (including phenoxy) is 2. The van der Waals surface area contributed by atoms with Crippen LogP contribution in [0.3, 0.4) is 0 Å². The van der Waals surface area contributed by atoms with E-state index in [9.17, 15) is 10.1 Å². The lowest BCUT2D eigenvalue weighted by Crippen LogP contribution is -2.30. The first-order valence-corrected chi connectivity index (χ1v) is 10.3. The van der Waals surface area contributed by atoms with Crippen molar-refractivity contribution in [2.45, 2.75) is 37.3 Å². The summed E-state index contributed by atoms with van der Waals surface area (Å²) in [7, 11) is 0. The highest BCUT2D eigenvalue weighted by Gasteiger charge is 2.41. The number of benzene rings is 2. The molecular formula is C23H24N2O4. The first kappa shape index (κ1) is 18.2. The molecule has 0 bridgehead atoms. The summed E-state index contributed by atoms with van der Waals surface area (Å²) in [5, 5.41) is 15.3. The molecule has 2 aliphatic heterocycles. The quantitative estimate of drug-likeness (QED) is 0.441. The van der Waals surface area contributed by atoms with E-state index in [1.54, 1.807) is 12.1 Å². The Hall–Kier alpha value is -2.86. The number of nitro benzene ring substituents is 1. The van der Waals surface area contributed by atoms with Gasteiger partial charge in [-0.25, -0.2) is 0 Å². The van der Waals surface area contributed by atoms with Crippen molar-refractivity contribution in [2.75, 3.05) is 18.5 Å². The molecule has 5 rings (SSSR count). The van der Waals surface area contributed by atoms with Crippen LogP contribution in [0.1, 0.15) is 42.3 Å². The van der Waals surface area contributed by atoms with Gasteiger partial charge in [-0.05, 0) is 36.8 Å². The highest BCUT2D eigenvalue weighted by Crippen LogP contribution is 2.53. The molecule has 2 aromatic rings.